The van der Waals surface area contributed by atoms with Crippen LogP contribution < -0.4 is 11.5 Å². The lowest BCUT2D eigenvalue weighted by atomic mass is 9.93. The summed E-state index contributed by atoms with van der Waals surface area (Å²) in [6.45, 7) is 5.90. The maximum atomic E-state index is 14.9. The molecule has 29 nitrogen and oxygen atoms in total. The van der Waals surface area contributed by atoms with E-state index in [1.54, 1.807) is 24.3 Å². The van der Waals surface area contributed by atoms with Crippen LogP contribution in [0.1, 0.15) is 226 Å². The minimum atomic E-state index is -4.95. The highest BCUT2D eigenvalue weighted by atomic mass is 31.2. The molecular formula is C75H110FN11O18P2. The van der Waals surface area contributed by atoms with Gasteiger partial charge in [-0.2, -0.15) is 20.7 Å². The molecule has 2 aromatic carbocycles. The predicted molar refractivity (Wildman–Crippen MR) is 396 cm³/mol. The molecule has 2 fully saturated rings. The Morgan fingerprint density at radius 2 is 1.10 bits per heavy atom. The number of ether oxygens (including phenoxy) is 6. The van der Waals surface area contributed by atoms with Crippen molar-refractivity contribution in [2.45, 2.75) is 254 Å². The van der Waals surface area contributed by atoms with E-state index in [-0.39, 0.29) is 66.5 Å². The van der Waals surface area contributed by atoms with E-state index in [2.05, 4.69) is 57.9 Å². The summed E-state index contributed by atoms with van der Waals surface area (Å²) in [5, 5.41) is 72.2. The number of nitriles is 2. The Bertz CT molecular complexity index is 3870. The Hall–Kier alpha value is -6.32. The van der Waals surface area contributed by atoms with Crippen LogP contribution in [0.25, 0.3) is 11.0 Å². The summed E-state index contributed by atoms with van der Waals surface area (Å²) in [6, 6.07) is 22.1. The molecule has 32 heteroatoms. The number of aliphatic hydroxyl groups is 4. The molecule has 4 aromatic heterocycles. The molecule has 0 radical (unpaired) electrons. The first kappa shape index (κ1) is 86.3. The Morgan fingerprint density at radius 3 is 1.61 bits per heavy atom. The number of hydrogen-bond acceptors (Lipinski definition) is 25. The fourth-order valence-corrected chi connectivity index (χ4v) is 14.8. The third kappa shape index (κ3) is 25.9. The zero-order valence-corrected chi connectivity index (χ0v) is 63.5. The Morgan fingerprint density at radius 1 is 0.617 bits per heavy atom. The molecule has 0 saturated carbocycles. The van der Waals surface area contributed by atoms with Gasteiger partial charge in [0.1, 0.15) is 97.6 Å². The monoisotopic (exact) mass is 1530 g/mol. The van der Waals surface area contributed by atoms with Gasteiger partial charge in [-0.15, -0.1) is 0 Å². The summed E-state index contributed by atoms with van der Waals surface area (Å²) in [7, 11) is -9.88. The molecule has 0 bridgehead atoms. The van der Waals surface area contributed by atoms with E-state index >= 15 is 0 Å². The van der Waals surface area contributed by atoms with Gasteiger partial charge in [-0.3, -0.25) is 23.1 Å². The summed E-state index contributed by atoms with van der Waals surface area (Å²) in [4.78, 5) is 33.6. The van der Waals surface area contributed by atoms with E-state index in [4.69, 9.17) is 58.0 Å². The number of benzene rings is 2. The van der Waals surface area contributed by atoms with Crippen molar-refractivity contribution in [2.75, 3.05) is 64.3 Å². The SMILES string of the molecule is C=N[C@]1(COP(=O)(O)OC[C@@H](COCCCCCCCCCCCCC(C)c2cccc(CO[C@@H](COCCCCCCCCCCCCCCCC)COP(=O)(O)OC[C@@]3(C#N)O[C@@H](c4ccc5c(N)ncnn45)[C@H](O)[C@@H]3O)c2)OCc2ccc(C#N)cc2F)O[C@@H](c2ccc3c(N)ncnn23)[C@H](O)[C@@H]1O. The summed E-state index contributed by atoms with van der Waals surface area (Å²) in [5.41, 5.74) is 11.3. The molecule has 10 N–H and O–H groups in total. The fourth-order valence-electron chi connectivity index (χ4n) is 13.3. The van der Waals surface area contributed by atoms with Gasteiger partial charge in [0.15, 0.2) is 11.6 Å². The number of anilines is 2. The Labute approximate surface area is 626 Å². The number of halogens is 1. The normalized spacial score (nSPS) is 22.2. The van der Waals surface area contributed by atoms with Crippen LogP contribution in [0.15, 0.2) is 84.4 Å². The molecule has 2 aliphatic heterocycles. The number of nitrogen functional groups attached to an aromatic ring is 2. The van der Waals surface area contributed by atoms with E-state index in [0.717, 1.165) is 102 Å². The van der Waals surface area contributed by atoms with E-state index in [1.807, 2.05) is 24.3 Å². The Kier molecular flexibility index (Phi) is 35.4. The topological polar surface area (TPSA) is 420 Å². The van der Waals surface area contributed by atoms with Crippen LogP contribution in [-0.2, 0) is 68.9 Å². The average molecular weight is 1530 g/mol. The molecule has 0 aliphatic carbocycles. The van der Waals surface area contributed by atoms with Gasteiger partial charge in [0, 0.05) is 18.8 Å². The molecule has 2 saturated heterocycles. The van der Waals surface area contributed by atoms with Crippen molar-refractivity contribution in [3.05, 3.63) is 119 Å². The molecule has 2 aliphatic rings. The van der Waals surface area contributed by atoms with E-state index in [1.165, 1.54) is 110 Å². The van der Waals surface area contributed by atoms with Crippen molar-refractivity contribution >= 4 is 45.0 Å². The first-order chi connectivity index (χ1) is 51.7. The number of phosphoric acid groups is 2. The number of nitrogens with two attached hydrogens (primary N) is 2. The van der Waals surface area contributed by atoms with Crippen molar-refractivity contribution in [3.63, 3.8) is 0 Å². The molecule has 6 heterocycles. The first-order valence-corrected chi connectivity index (χ1v) is 40.7. The Balaban J connectivity index is 0.717. The summed E-state index contributed by atoms with van der Waals surface area (Å²) in [5.74, 6) is -0.0753. The second kappa shape index (κ2) is 43.9. The maximum absolute atomic E-state index is 14.9. The van der Waals surface area contributed by atoms with Gasteiger partial charge in [0.2, 0.25) is 11.3 Å². The summed E-state index contributed by atoms with van der Waals surface area (Å²) in [6.07, 6.45) is 19.8. The standard InChI is InChI=1S/C75H110FN11O18P2/c1-4-5-6-7-8-9-10-11-12-14-17-20-23-26-38-96-45-59(47-100-106(92,93)102-50-74(49-78)70(90)66(88)68(104-74)62-34-36-64-72(79)82-52-84-86(62)64)98-43-56-30-28-31-57(40-56)54(2)29-25-22-19-16-13-15-18-21-24-27-39-97-46-60(99-44-58-33-32-55(42-77)41-61(58)76)48-101-107(94,95)103-51-75(81-3)71(91)67(89)69(105-75)63-35-37-65-73(80)83-53-85-87(63)65/h28,30-37,40-41,52-54,59-60,66-71,88-91H,3-27,29,38-39,43-48,50-51H2,1-2H3,(H,92,93)(H,94,95)(H2,79,82,84)(H2,80,83,85)/t54?,59-,60+,66-,67-,68-,69-,70-,71-,74+,75+/m0/s1. The molecule has 0 spiro atoms. The zero-order chi connectivity index (χ0) is 76.7. The zero-order valence-electron chi connectivity index (χ0n) is 61.7. The molecule has 13 atom stereocenters. The summed E-state index contributed by atoms with van der Waals surface area (Å²) >= 11 is 0. The number of aliphatic hydroxyl groups excluding tert-OH is 4. The van der Waals surface area contributed by atoms with Gasteiger partial charge in [-0.25, -0.2) is 32.5 Å². The highest BCUT2D eigenvalue weighted by Crippen LogP contribution is 2.50. The third-order valence-electron chi connectivity index (χ3n) is 19.7. The van der Waals surface area contributed by atoms with Crippen LogP contribution in [0, 0.1) is 28.5 Å². The molecule has 3 unspecified atom stereocenters. The van der Waals surface area contributed by atoms with Crippen molar-refractivity contribution < 1.29 is 90.2 Å². The van der Waals surface area contributed by atoms with Gasteiger partial charge >= 0.3 is 15.6 Å². The van der Waals surface area contributed by atoms with Crippen molar-refractivity contribution in [1.29, 1.82) is 10.5 Å². The second-order valence-corrected chi connectivity index (χ2v) is 30.8. The molecule has 0 amide bonds. The smallest absolute Gasteiger partial charge is 0.387 e. The molecule has 6 aromatic rings. The number of phosphoric ester groups is 2. The van der Waals surface area contributed by atoms with Gasteiger partial charge in [0.05, 0.1) is 62.7 Å². The highest BCUT2D eigenvalue weighted by molar-refractivity contribution is 7.47. The van der Waals surface area contributed by atoms with Crippen LogP contribution >= 0.6 is 15.6 Å². The maximum Gasteiger partial charge on any atom is 0.472 e. The molecule has 8 rings (SSSR count). The second-order valence-electron chi connectivity index (χ2n) is 27.9. The number of rotatable bonds is 54. The van der Waals surface area contributed by atoms with Gasteiger partial charge in [-0.05, 0) is 79.4 Å². The quantitative estimate of drug-likeness (QED) is 0.00998. The number of unbranched alkanes of at least 4 members (excludes halogenated alkanes) is 22. The van der Waals surface area contributed by atoms with Crippen LogP contribution in [-0.4, -0.2) is 167 Å². The lowest BCUT2D eigenvalue weighted by Gasteiger charge is -2.28. The fraction of sp³-hybridized carbons (Fsp3) is 0.640. The van der Waals surface area contributed by atoms with E-state index < -0.39 is 108 Å². The van der Waals surface area contributed by atoms with Crippen LogP contribution in [0.3, 0.4) is 0 Å². The van der Waals surface area contributed by atoms with Crippen LogP contribution in [0.4, 0.5) is 16.0 Å². The molecular weight excluding hydrogens is 1420 g/mol. The van der Waals surface area contributed by atoms with E-state index in [9.17, 15) is 54.3 Å². The predicted octanol–water partition coefficient (Wildman–Crippen LogP) is 12.2. The van der Waals surface area contributed by atoms with Gasteiger partial charge in [0.25, 0.3) is 0 Å². The van der Waals surface area contributed by atoms with Gasteiger partial charge < -0.3 is 70.1 Å². The third-order valence-corrected chi connectivity index (χ3v) is 21.6. The van der Waals surface area contributed by atoms with Crippen molar-refractivity contribution in [3.8, 4) is 12.1 Å². The van der Waals surface area contributed by atoms with E-state index in [0.29, 0.717) is 24.2 Å². The lowest BCUT2D eigenvalue weighted by molar-refractivity contribution is -0.107. The van der Waals surface area contributed by atoms with Gasteiger partial charge in [-0.1, -0.05) is 185 Å². The van der Waals surface area contributed by atoms with Crippen molar-refractivity contribution in [2.24, 2.45) is 4.99 Å². The van der Waals surface area contributed by atoms with Crippen LogP contribution in [0.2, 0.25) is 0 Å². The minimum Gasteiger partial charge on any atom is -0.387 e. The minimum absolute atomic E-state index is 0.0673. The summed E-state index contributed by atoms with van der Waals surface area (Å²) < 4.78 is 102. The number of aromatic nitrogens is 6. The number of aliphatic imine (C=N–C) groups is 1. The number of hydrogen-bond donors (Lipinski definition) is 8. The average Bonchev–Trinajstić information content (AvgIpc) is 1.61. The molecule has 107 heavy (non-hydrogen) atoms. The highest BCUT2D eigenvalue weighted by Gasteiger charge is 2.58. The molecule has 590 valence electrons. The largest absolute Gasteiger partial charge is 0.472 e. The number of fused-ring (bicyclic) bond motifs is 2. The van der Waals surface area contributed by atoms with Crippen molar-refractivity contribution in [1.82, 2.24) is 29.2 Å². The number of nitrogens with zero attached hydrogens (tertiary/aromatic N) is 9. The lowest BCUT2D eigenvalue weighted by Crippen LogP contribution is -2.45. The first-order valence-electron chi connectivity index (χ1n) is 37.7. The van der Waals surface area contributed by atoms with Crippen LogP contribution in [0.5, 0.6) is 0 Å².